The summed E-state index contributed by atoms with van der Waals surface area (Å²) >= 11 is 3.56. The molecule has 1 aromatic carbocycles. The Kier molecular flexibility index (Phi) is 4.41. The van der Waals surface area contributed by atoms with Crippen molar-refractivity contribution in [3.8, 4) is 0 Å². The third-order valence-corrected chi connectivity index (χ3v) is 3.82. The average molecular weight is 294 g/mol. The summed E-state index contributed by atoms with van der Waals surface area (Å²) in [6.07, 6.45) is 4.63. The van der Waals surface area contributed by atoms with Crippen molar-refractivity contribution in [2.45, 2.75) is 26.3 Å². The fraction of sp³-hybridized carbons (Fsp3) is 0.467. The summed E-state index contributed by atoms with van der Waals surface area (Å²) in [7, 11) is 0. The number of halogens is 1. The Bertz CT molecular complexity index is 400. The number of rotatable bonds is 3. The first-order chi connectivity index (χ1) is 8.17. The highest BCUT2D eigenvalue weighted by Crippen LogP contribution is 2.21. The Morgan fingerprint density at radius 1 is 1.47 bits per heavy atom. The second kappa shape index (κ2) is 5.83. The maximum Gasteiger partial charge on any atom is 0.0234 e. The van der Waals surface area contributed by atoms with Gasteiger partial charge in [0.2, 0.25) is 0 Å². The zero-order valence-corrected chi connectivity index (χ0v) is 12.0. The van der Waals surface area contributed by atoms with Crippen LogP contribution in [-0.2, 0) is 6.54 Å². The van der Waals surface area contributed by atoms with Crippen LogP contribution in [0, 0.1) is 5.92 Å². The lowest BCUT2D eigenvalue weighted by atomic mass is 9.99. The molecule has 17 heavy (non-hydrogen) atoms. The van der Waals surface area contributed by atoms with Crippen LogP contribution < -0.4 is 0 Å². The number of hydrogen-bond acceptors (Lipinski definition) is 1. The van der Waals surface area contributed by atoms with Crippen molar-refractivity contribution in [1.29, 1.82) is 0 Å². The van der Waals surface area contributed by atoms with Crippen molar-refractivity contribution in [2.75, 3.05) is 13.1 Å². The van der Waals surface area contributed by atoms with Crippen LogP contribution in [-0.4, -0.2) is 18.0 Å². The van der Waals surface area contributed by atoms with E-state index in [1.165, 1.54) is 37.1 Å². The van der Waals surface area contributed by atoms with Crippen LogP contribution in [0.4, 0.5) is 0 Å². The van der Waals surface area contributed by atoms with E-state index in [0.29, 0.717) is 0 Å². The first-order valence-corrected chi connectivity index (χ1v) is 7.11. The summed E-state index contributed by atoms with van der Waals surface area (Å²) < 4.78 is 1.15. The lowest BCUT2D eigenvalue weighted by molar-refractivity contribution is 0.176. The molecule has 0 saturated carbocycles. The van der Waals surface area contributed by atoms with E-state index >= 15 is 0 Å². The first-order valence-electron chi connectivity index (χ1n) is 6.31. The number of likely N-dealkylation sites (tertiary alicyclic amines) is 1. The molecule has 1 saturated heterocycles. The highest BCUT2D eigenvalue weighted by Gasteiger charge is 2.16. The summed E-state index contributed by atoms with van der Waals surface area (Å²) in [6, 6.07) is 6.55. The fourth-order valence-corrected chi connectivity index (χ4v) is 3.13. The summed E-state index contributed by atoms with van der Waals surface area (Å²) in [4.78, 5) is 2.56. The maximum absolute atomic E-state index is 3.84. The molecule has 0 N–H and O–H groups in total. The topological polar surface area (TPSA) is 3.24 Å². The van der Waals surface area contributed by atoms with Gasteiger partial charge in [-0.3, -0.25) is 4.90 Å². The molecule has 2 heteroatoms. The van der Waals surface area contributed by atoms with Gasteiger partial charge in [0.1, 0.15) is 0 Å². The molecular formula is C15H20BrN. The molecule has 0 aliphatic carbocycles. The third kappa shape index (κ3) is 3.68. The van der Waals surface area contributed by atoms with Crippen LogP contribution in [0.25, 0.3) is 6.08 Å². The number of benzene rings is 1. The zero-order valence-electron chi connectivity index (χ0n) is 10.5. The summed E-state index contributed by atoms with van der Waals surface area (Å²) in [5.74, 6) is 0.842. The van der Waals surface area contributed by atoms with E-state index in [1.54, 1.807) is 0 Å². The Hall–Kier alpha value is -0.600. The highest BCUT2D eigenvalue weighted by molar-refractivity contribution is 9.10. The average Bonchev–Trinajstić information content (AvgIpc) is 2.28. The van der Waals surface area contributed by atoms with Gasteiger partial charge >= 0.3 is 0 Å². The molecule has 1 aliphatic rings. The van der Waals surface area contributed by atoms with Crippen molar-refractivity contribution in [3.63, 3.8) is 0 Å². The van der Waals surface area contributed by atoms with Crippen LogP contribution in [0.2, 0.25) is 0 Å². The van der Waals surface area contributed by atoms with Crippen LogP contribution in [0.3, 0.4) is 0 Å². The highest BCUT2D eigenvalue weighted by atomic mass is 79.9. The Morgan fingerprint density at radius 2 is 2.29 bits per heavy atom. The SMILES string of the molecule is C=Cc1cc(Br)cc(CN2CCC[C@H](C)C2)c1. The number of piperidine rings is 1. The van der Waals surface area contributed by atoms with Gasteiger partial charge in [-0.25, -0.2) is 0 Å². The van der Waals surface area contributed by atoms with Gasteiger partial charge in [0, 0.05) is 17.6 Å². The van der Waals surface area contributed by atoms with Gasteiger partial charge in [-0.05, 0) is 48.6 Å². The molecule has 0 amide bonds. The molecule has 1 aliphatic heterocycles. The van der Waals surface area contributed by atoms with Crippen molar-refractivity contribution >= 4 is 22.0 Å². The molecule has 1 heterocycles. The van der Waals surface area contributed by atoms with Gasteiger partial charge in [0.15, 0.2) is 0 Å². The number of nitrogens with zero attached hydrogens (tertiary/aromatic N) is 1. The molecule has 2 rings (SSSR count). The van der Waals surface area contributed by atoms with Crippen molar-refractivity contribution < 1.29 is 0 Å². The minimum atomic E-state index is 0.842. The van der Waals surface area contributed by atoms with Gasteiger partial charge in [0.05, 0.1) is 0 Å². The Morgan fingerprint density at radius 3 is 3.00 bits per heavy atom. The van der Waals surface area contributed by atoms with Gasteiger partial charge in [-0.15, -0.1) is 0 Å². The molecular weight excluding hydrogens is 274 g/mol. The minimum Gasteiger partial charge on any atom is -0.299 e. The smallest absolute Gasteiger partial charge is 0.0234 e. The molecule has 1 aromatic rings. The van der Waals surface area contributed by atoms with E-state index in [2.05, 4.69) is 52.5 Å². The van der Waals surface area contributed by atoms with E-state index in [-0.39, 0.29) is 0 Å². The molecule has 0 unspecified atom stereocenters. The zero-order chi connectivity index (χ0) is 12.3. The molecule has 0 bridgehead atoms. The predicted octanol–water partition coefficient (Wildman–Crippen LogP) is 4.32. The molecule has 1 fully saturated rings. The minimum absolute atomic E-state index is 0.842. The number of hydrogen-bond donors (Lipinski definition) is 0. The monoisotopic (exact) mass is 293 g/mol. The fourth-order valence-electron chi connectivity index (χ4n) is 2.57. The van der Waals surface area contributed by atoms with Crippen LogP contribution in [0.15, 0.2) is 29.3 Å². The first kappa shape index (κ1) is 12.8. The van der Waals surface area contributed by atoms with Crippen molar-refractivity contribution in [1.82, 2.24) is 4.90 Å². The van der Waals surface area contributed by atoms with E-state index in [4.69, 9.17) is 0 Å². The summed E-state index contributed by atoms with van der Waals surface area (Å²) in [5, 5.41) is 0. The van der Waals surface area contributed by atoms with Crippen LogP contribution >= 0.6 is 15.9 Å². The second-order valence-corrected chi connectivity index (χ2v) is 6.00. The lowest BCUT2D eigenvalue weighted by Gasteiger charge is -2.30. The van der Waals surface area contributed by atoms with Gasteiger partial charge in [-0.2, -0.15) is 0 Å². The lowest BCUT2D eigenvalue weighted by Crippen LogP contribution is -2.33. The van der Waals surface area contributed by atoms with Gasteiger partial charge < -0.3 is 0 Å². The molecule has 1 nitrogen and oxygen atoms in total. The van der Waals surface area contributed by atoms with E-state index in [0.717, 1.165) is 16.9 Å². The van der Waals surface area contributed by atoms with Crippen molar-refractivity contribution in [2.24, 2.45) is 5.92 Å². The van der Waals surface area contributed by atoms with Gasteiger partial charge in [0.25, 0.3) is 0 Å². The van der Waals surface area contributed by atoms with Crippen molar-refractivity contribution in [3.05, 3.63) is 40.4 Å². The molecule has 0 spiro atoms. The standard InChI is InChI=1S/C15H20BrN/c1-3-13-7-14(9-15(16)8-13)11-17-6-4-5-12(2)10-17/h3,7-9,12H,1,4-6,10-11H2,2H3/t12-/m0/s1. The van der Waals surface area contributed by atoms with E-state index < -0.39 is 0 Å². The molecule has 92 valence electrons. The second-order valence-electron chi connectivity index (χ2n) is 5.08. The Balaban J connectivity index is 2.07. The summed E-state index contributed by atoms with van der Waals surface area (Å²) in [5.41, 5.74) is 2.57. The summed E-state index contributed by atoms with van der Waals surface area (Å²) in [6.45, 7) is 9.72. The maximum atomic E-state index is 3.84. The van der Waals surface area contributed by atoms with E-state index in [1.807, 2.05) is 6.08 Å². The largest absolute Gasteiger partial charge is 0.299 e. The third-order valence-electron chi connectivity index (χ3n) is 3.36. The van der Waals surface area contributed by atoms with E-state index in [9.17, 15) is 0 Å². The molecule has 1 atom stereocenters. The normalized spacial score (nSPS) is 21.4. The van der Waals surface area contributed by atoms with Crippen LogP contribution in [0.1, 0.15) is 30.9 Å². The quantitative estimate of drug-likeness (QED) is 0.802. The molecule has 0 radical (unpaired) electrons. The Labute approximate surface area is 113 Å². The molecule has 0 aromatic heterocycles. The van der Waals surface area contributed by atoms with Crippen LogP contribution in [0.5, 0.6) is 0 Å². The predicted molar refractivity (Wildman–Crippen MR) is 77.9 cm³/mol. The van der Waals surface area contributed by atoms with Gasteiger partial charge in [-0.1, -0.05) is 41.6 Å².